The van der Waals surface area contributed by atoms with Gasteiger partial charge in [0, 0.05) is 32.2 Å². The summed E-state index contributed by atoms with van der Waals surface area (Å²) in [6.07, 6.45) is 0.202. The lowest BCUT2D eigenvalue weighted by molar-refractivity contribution is -0.181. The second-order valence-corrected chi connectivity index (χ2v) is 13.1. The fourth-order valence-electron chi connectivity index (χ4n) is 7.40. The summed E-state index contributed by atoms with van der Waals surface area (Å²) in [5, 5.41) is 26.5. The van der Waals surface area contributed by atoms with E-state index in [0.717, 1.165) is 5.56 Å². The lowest BCUT2D eigenvalue weighted by Crippen LogP contribution is -2.74. The zero-order valence-corrected chi connectivity index (χ0v) is 25.9. The Balaban J connectivity index is 1.56. The van der Waals surface area contributed by atoms with E-state index in [2.05, 4.69) is 19.2 Å². The molecule has 2 saturated carbocycles. The molecular weight excluding hydrogens is 564 g/mol. The molecule has 0 spiro atoms. The number of ketones is 4. The van der Waals surface area contributed by atoms with Crippen LogP contribution < -0.4 is 16.0 Å². The topological polar surface area (TPSA) is 170 Å². The van der Waals surface area contributed by atoms with Crippen molar-refractivity contribution in [2.75, 3.05) is 38.4 Å². The van der Waals surface area contributed by atoms with Crippen molar-refractivity contribution in [3.63, 3.8) is 0 Å². The fourth-order valence-corrected chi connectivity index (χ4v) is 7.40. The summed E-state index contributed by atoms with van der Waals surface area (Å²) >= 11 is 0. The number of aromatic hydroxyl groups is 1. The Labute approximate surface area is 256 Å². The molecule has 0 radical (unpaired) electrons. The van der Waals surface area contributed by atoms with Crippen molar-refractivity contribution in [2.24, 2.45) is 29.4 Å². The van der Waals surface area contributed by atoms with Crippen molar-refractivity contribution in [3.05, 3.63) is 52.6 Å². The molecule has 0 bridgehead atoms. The van der Waals surface area contributed by atoms with Crippen LogP contribution in [-0.2, 0) is 32.1 Å². The molecule has 11 heteroatoms. The molecular formula is C33H40N4O7. The van der Waals surface area contributed by atoms with E-state index in [-0.39, 0.29) is 24.2 Å². The van der Waals surface area contributed by atoms with Gasteiger partial charge in [0.25, 0.3) is 0 Å². The van der Waals surface area contributed by atoms with Gasteiger partial charge in [-0.3, -0.25) is 28.9 Å². The Morgan fingerprint density at radius 3 is 2.25 bits per heavy atom. The minimum atomic E-state index is -2.76. The number of nitrogens with two attached hydrogens (primary N) is 1. The SMILES string of the molecule is CC(C)c1ccc(CNc2cc(N(C)C)c3c(c2O)C(=O)C2C(=O)[C@]4(O)C(=O)C(C(N)=O)C(=O)[C@@H](N(C)C)[C@@H]4C[C@@H]2C3)cc1. The van der Waals surface area contributed by atoms with Gasteiger partial charge in [-0.15, -0.1) is 0 Å². The summed E-state index contributed by atoms with van der Waals surface area (Å²) in [4.78, 5) is 70.6. The average Bonchev–Trinajstić information content (AvgIpc) is 2.94. The molecule has 11 nitrogen and oxygen atoms in total. The number of anilines is 2. The third-order valence-corrected chi connectivity index (χ3v) is 9.65. The van der Waals surface area contributed by atoms with E-state index in [1.165, 1.54) is 10.5 Å². The van der Waals surface area contributed by atoms with E-state index in [4.69, 9.17) is 5.73 Å². The van der Waals surface area contributed by atoms with Crippen LogP contribution >= 0.6 is 0 Å². The number of Topliss-reactive ketones (excluding diaryl/α,β-unsaturated/α-hetero) is 4. The molecule has 3 aliphatic carbocycles. The van der Waals surface area contributed by atoms with Crippen LogP contribution in [0.5, 0.6) is 5.75 Å². The van der Waals surface area contributed by atoms with Crippen molar-refractivity contribution in [2.45, 2.75) is 50.8 Å². The van der Waals surface area contributed by atoms with Crippen LogP contribution in [0.4, 0.5) is 11.4 Å². The van der Waals surface area contributed by atoms with E-state index in [1.807, 2.05) is 43.3 Å². The highest BCUT2D eigenvalue weighted by molar-refractivity contribution is 6.32. The number of phenols is 1. The van der Waals surface area contributed by atoms with Crippen molar-refractivity contribution in [3.8, 4) is 5.75 Å². The van der Waals surface area contributed by atoms with Crippen LogP contribution in [-0.4, -0.2) is 84.0 Å². The Morgan fingerprint density at radius 2 is 1.70 bits per heavy atom. The molecule has 2 unspecified atom stereocenters. The Hall–Kier alpha value is -4.09. The number of aliphatic hydroxyl groups is 1. The molecule has 5 N–H and O–H groups in total. The zero-order valence-electron chi connectivity index (χ0n) is 25.9. The molecule has 2 aromatic rings. The summed E-state index contributed by atoms with van der Waals surface area (Å²) in [6, 6.07) is 8.69. The number of benzene rings is 2. The third kappa shape index (κ3) is 4.69. The number of carbonyl (C=O) groups is 5. The van der Waals surface area contributed by atoms with Gasteiger partial charge >= 0.3 is 0 Å². The van der Waals surface area contributed by atoms with E-state index in [1.54, 1.807) is 20.2 Å². The molecule has 0 aromatic heterocycles. The molecule has 44 heavy (non-hydrogen) atoms. The summed E-state index contributed by atoms with van der Waals surface area (Å²) in [6.45, 7) is 4.58. The number of amides is 1. The zero-order chi connectivity index (χ0) is 32.4. The first-order chi connectivity index (χ1) is 20.6. The Morgan fingerprint density at radius 1 is 1.07 bits per heavy atom. The summed E-state index contributed by atoms with van der Waals surface area (Å²) in [7, 11) is 6.74. The van der Waals surface area contributed by atoms with E-state index >= 15 is 0 Å². The van der Waals surface area contributed by atoms with Gasteiger partial charge in [0.1, 0.15) is 5.75 Å². The number of likely N-dealkylation sites (N-methyl/N-ethyl adjacent to an activating group) is 1. The number of nitrogens with zero attached hydrogens (tertiary/aromatic N) is 2. The maximum absolute atomic E-state index is 14.2. The smallest absolute Gasteiger partial charge is 0.235 e. The van der Waals surface area contributed by atoms with Crippen molar-refractivity contribution >= 4 is 40.4 Å². The lowest BCUT2D eigenvalue weighted by atomic mass is 9.52. The maximum Gasteiger partial charge on any atom is 0.235 e. The number of nitrogens with one attached hydrogen (secondary N) is 1. The van der Waals surface area contributed by atoms with Crippen LogP contribution in [0.25, 0.3) is 0 Å². The number of primary amides is 1. The van der Waals surface area contributed by atoms with Gasteiger partial charge in [-0.1, -0.05) is 38.1 Å². The average molecular weight is 605 g/mol. The van der Waals surface area contributed by atoms with Gasteiger partial charge in [0.05, 0.1) is 23.2 Å². The molecule has 0 saturated heterocycles. The molecule has 2 aromatic carbocycles. The monoisotopic (exact) mass is 604 g/mol. The summed E-state index contributed by atoms with van der Waals surface area (Å²) in [5.41, 5.74) is 6.28. The maximum atomic E-state index is 14.2. The van der Waals surface area contributed by atoms with Gasteiger partial charge in [0.15, 0.2) is 34.7 Å². The van der Waals surface area contributed by atoms with Gasteiger partial charge in [-0.05, 0) is 61.5 Å². The largest absolute Gasteiger partial charge is 0.505 e. The fraction of sp³-hybridized carbons (Fsp3) is 0.485. The van der Waals surface area contributed by atoms with Crippen LogP contribution in [0.3, 0.4) is 0 Å². The normalized spacial score (nSPS) is 28.1. The molecule has 5 rings (SSSR count). The van der Waals surface area contributed by atoms with Gasteiger partial charge in [-0.25, -0.2) is 0 Å². The third-order valence-electron chi connectivity index (χ3n) is 9.65. The molecule has 234 valence electrons. The molecule has 3 aliphatic rings. The number of carbonyl (C=O) groups excluding carboxylic acids is 5. The summed E-state index contributed by atoms with van der Waals surface area (Å²) < 4.78 is 0. The molecule has 6 atom stereocenters. The van der Waals surface area contributed by atoms with Crippen LogP contribution in [0.1, 0.15) is 53.2 Å². The first-order valence-electron chi connectivity index (χ1n) is 14.8. The van der Waals surface area contributed by atoms with Gasteiger partial charge in [0.2, 0.25) is 5.91 Å². The molecule has 0 heterocycles. The Kier molecular flexibility index (Phi) is 7.92. The number of hydrogen-bond acceptors (Lipinski definition) is 10. The van der Waals surface area contributed by atoms with Crippen molar-refractivity contribution < 1.29 is 34.2 Å². The number of hydrogen-bond donors (Lipinski definition) is 4. The van der Waals surface area contributed by atoms with Gasteiger partial charge in [-0.2, -0.15) is 0 Å². The van der Waals surface area contributed by atoms with Gasteiger partial charge < -0.3 is 26.2 Å². The first kappa shape index (κ1) is 31.3. The highest BCUT2D eigenvalue weighted by Gasteiger charge is 2.69. The van der Waals surface area contributed by atoms with E-state index in [9.17, 15) is 34.2 Å². The molecule has 0 aliphatic heterocycles. The Bertz CT molecular complexity index is 1560. The lowest BCUT2D eigenvalue weighted by Gasteiger charge is -2.52. The molecule has 1 amide bonds. The highest BCUT2D eigenvalue weighted by Crippen LogP contribution is 2.52. The number of phenolic OH excluding ortho intramolecular Hbond substituents is 1. The predicted octanol–water partition coefficient (Wildman–Crippen LogP) is 1.67. The summed E-state index contributed by atoms with van der Waals surface area (Å²) in [5.74, 6) is -10.3. The highest BCUT2D eigenvalue weighted by atomic mass is 16.3. The second-order valence-electron chi connectivity index (χ2n) is 13.1. The number of rotatable bonds is 7. The number of fused-ring (bicyclic) bond motifs is 3. The van der Waals surface area contributed by atoms with E-state index in [0.29, 0.717) is 29.4 Å². The van der Waals surface area contributed by atoms with Crippen molar-refractivity contribution in [1.82, 2.24) is 4.90 Å². The standard InChI is InChI=1S/C33H40N4O7/c1-15(2)17-9-7-16(8-10-17)14-35-21-13-22(36(3)4)19-11-18-12-20-26(37(5)6)29(40)25(32(34)43)31(42)33(20,44)30(41)23(18)28(39)24(19)27(21)38/h7-10,13,15,18,20,23,25-26,35,38,44H,11-12,14H2,1-6H3,(H2,34,43)/t18-,20-,23?,25?,26-,33-/m0/s1. The van der Waals surface area contributed by atoms with Crippen molar-refractivity contribution in [1.29, 1.82) is 0 Å². The molecule has 2 fully saturated rings. The predicted molar refractivity (Wildman–Crippen MR) is 164 cm³/mol. The van der Waals surface area contributed by atoms with Crippen LogP contribution in [0, 0.1) is 23.7 Å². The van der Waals surface area contributed by atoms with Crippen LogP contribution in [0.15, 0.2) is 30.3 Å². The first-order valence-corrected chi connectivity index (χ1v) is 14.8. The second kappa shape index (κ2) is 11.1. The minimum Gasteiger partial charge on any atom is -0.505 e. The van der Waals surface area contributed by atoms with E-state index < -0.39 is 64.4 Å². The van der Waals surface area contributed by atoms with Crippen LogP contribution in [0.2, 0.25) is 0 Å². The quantitative estimate of drug-likeness (QED) is 0.269. The minimum absolute atomic E-state index is 0.00387.